The normalized spacial score (nSPS) is 12.6. The van der Waals surface area contributed by atoms with Gasteiger partial charge in [0.15, 0.2) is 0 Å². The van der Waals surface area contributed by atoms with Crippen molar-refractivity contribution >= 4 is 45.2 Å². The van der Waals surface area contributed by atoms with E-state index in [2.05, 4.69) is 21.3 Å². The average molecular weight is 435 g/mol. The van der Waals surface area contributed by atoms with Crippen LogP contribution in [0.4, 0.5) is 0 Å². The van der Waals surface area contributed by atoms with Crippen molar-refractivity contribution in [1.82, 2.24) is 21.3 Å². The molecule has 0 saturated heterocycles. The molecule has 28 heavy (non-hydrogen) atoms. The molecule has 162 valence electrons. The number of carbonyl (C=O) groups excluding carboxylic acids is 4. The van der Waals surface area contributed by atoms with Crippen LogP contribution >= 0.6 is 21.6 Å². The Morgan fingerprint density at radius 1 is 0.714 bits per heavy atom. The first-order valence-corrected chi connectivity index (χ1v) is 12.1. The topological polar surface area (TPSA) is 116 Å². The molecule has 0 aliphatic heterocycles. The minimum atomic E-state index is -0.538. The second-order valence-electron chi connectivity index (χ2n) is 6.31. The Balaban J connectivity index is 4.26. The lowest BCUT2D eigenvalue weighted by atomic mass is 10.2. The van der Waals surface area contributed by atoms with Crippen molar-refractivity contribution < 1.29 is 19.2 Å². The van der Waals surface area contributed by atoms with E-state index < -0.39 is 12.1 Å². The van der Waals surface area contributed by atoms with Gasteiger partial charge in [-0.2, -0.15) is 0 Å². The van der Waals surface area contributed by atoms with Crippen LogP contribution in [0.2, 0.25) is 0 Å². The highest BCUT2D eigenvalue weighted by Crippen LogP contribution is 2.24. The van der Waals surface area contributed by atoms with Crippen LogP contribution in [0.5, 0.6) is 0 Å². The zero-order valence-electron chi connectivity index (χ0n) is 17.3. The maximum absolute atomic E-state index is 12.1. The zero-order chi connectivity index (χ0) is 21.4. The second-order valence-corrected chi connectivity index (χ2v) is 9.01. The maximum Gasteiger partial charge on any atom is 0.242 e. The van der Waals surface area contributed by atoms with Gasteiger partial charge in [0.25, 0.3) is 0 Å². The molecule has 0 rings (SSSR count). The summed E-state index contributed by atoms with van der Waals surface area (Å²) in [5.74, 6) is 0.572. The smallest absolute Gasteiger partial charge is 0.242 e. The zero-order valence-corrected chi connectivity index (χ0v) is 18.9. The van der Waals surface area contributed by atoms with Crippen molar-refractivity contribution in [2.45, 2.75) is 65.5 Å². The molecular weight excluding hydrogens is 400 g/mol. The molecule has 2 unspecified atom stereocenters. The summed E-state index contributed by atoms with van der Waals surface area (Å²) in [6.45, 7) is 7.90. The summed E-state index contributed by atoms with van der Waals surface area (Å²) in [5.41, 5.74) is 0. The third kappa shape index (κ3) is 13.7. The molecule has 0 fully saturated rings. The van der Waals surface area contributed by atoms with Crippen LogP contribution in [0, 0.1) is 0 Å². The molecule has 0 aliphatic rings. The molecule has 0 bridgehead atoms. The predicted molar refractivity (Wildman–Crippen MR) is 116 cm³/mol. The van der Waals surface area contributed by atoms with Crippen molar-refractivity contribution in [3.8, 4) is 0 Å². The summed E-state index contributed by atoms with van der Waals surface area (Å²) >= 11 is 0. The van der Waals surface area contributed by atoms with Gasteiger partial charge < -0.3 is 21.3 Å². The summed E-state index contributed by atoms with van der Waals surface area (Å²) in [6.07, 6.45) is 2.73. The molecular formula is C18H34N4O4S2. The highest BCUT2D eigenvalue weighted by molar-refractivity contribution is 8.76. The summed E-state index contributed by atoms with van der Waals surface area (Å²) in [7, 11) is 3.16. The van der Waals surface area contributed by atoms with Crippen molar-refractivity contribution in [1.29, 1.82) is 0 Å². The molecule has 0 aliphatic carbocycles. The van der Waals surface area contributed by atoms with Gasteiger partial charge in [-0.05, 0) is 25.7 Å². The van der Waals surface area contributed by atoms with Crippen molar-refractivity contribution in [2.24, 2.45) is 0 Å². The lowest BCUT2D eigenvalue weighted by molar-refractivity contribution is -0.128. The summed E-state index contributed by atoms with van der Waals surface area (Å²) < 4.78 is 0. The molecule has 0 radical (unpaired) electrons. The van der Waals surface area contributed by atoms with E-state index in [0.29, 0.717) is 37.4 Å². The molecule has 0 aromatic heterocycles. The Morgan fingerprint density at radius 3 is 1.36 bits per heavy atom. The van der Waals surface area contributed by atoms with E-state index in [1.54, 1.807) is 21.6 Å². The fourth-order valence-corrected chi connectivity index (χ4v) is 4.40. The quantitative estimate of drug-likeness (QED) is 0.227. The van der Waals surface area contributed by atoms with Crippen molar-refractivity contribution in [2.75, 3.05) is 24.6 Å². The van der Waals surface area contributed by atoms with Gasteiger partial charge in [-0.1, -0.05) is 35.4 Å². The van der Waals surface area contributed by atoms with E-state index in [4.69, 9.17) is 0 Å². The fraction of sp³-hybridized carbons (Fsp3) is 0.778. The van der Waals surface area contributed by atoms with Gasteiger partial charge in [-0.3, -0.25) is 19.2 Å². The van der Waals surface area contributed by atoms with Crippen LogP contribution < -0.4 is 21.3 Å². The van der Waals surface area contributed by atoms with Gasteiger partial charge >= 0.3 is 0 Å². The first kappa shape index (κ1) is 26.6. The summed E-state index contributed by atoms with van der Waals surface area (Å²) in [6, 6.07) is -1.08. The molecule has 8 nitrogen and oxygen atoms in total. The van der Waals surface area contributed by atoms with Gasteiger partial charge in [0.05, 0.1) is 0 Å². The number of rotatable bonds is 15. The average Bonchev–Trinajstić information content (AvgIpc) is 2.64. The molecule has 0 aromatic rings. The van der Waals surface area contributed by atoms with Crippen LogP contribution in [-0.2, 0) is 19.2 Å². The van der Waals surface area contributed by atoms with E-state index in [9.17, 15) is 19.2 Å². The van der Waals surface area contributed by atoms with E-state index in [1.807, 2.05) is 13.8 Å². The van der Waals surface area contributed by atoms with E-state index in [0.717, 1.165) is 12.8 Å². The predicted octanol–water partition coefficient (Wildman–Crippen LogP) is 1.21. The molecule has 0 spiro atoms. The number of nitrogens with one attached hydrogen (secondary N) is 4. The summed E-state index contributed by atoms with van der Waals surface area (Å²) in [5, 5.41) is 11.0. The van der Waals surface area contributed by atoms with Gasteiger partial charge in [-0.25, -0.2) is 0 Å². The fourth-order valence-electron chi connectivity index (χ4n) is 2.22. The lowest BCUT2D eigenvalue weighted by Gasteiger charge is -2.18. The molecule has 0 saturated carbocycles. The van der Waals surface area contributed by atoms with Gasteiger partial charge in [0.2, 0.25) is 23.6 Å². The molecule has 10 heteroatoms. The van der Waals surface area contributed by atoms with Crippen molar-refractivity contribution in [3.63, 3.8) is 0 Å². The van der Waals surface area contributed by atoms with Crippen LogP contribution in [0.1, 0.15) is 53.4 Å². The Morgan fingerprint density at radius 2 is 1.07 bits per heavy atom. The molecule has 0 heterocycles. The van der Waals surface area contributed by atoms with Crippen LogP contribution in [-0.4, -0.2) is 60.3 Å². The monoisotopic (exact) mass is 434 g/mol. The Labute approximate surface area is 175 Å². The Bertz CT molecular complexity index is 462. The number of amides is 4. The van der Waals surface area contributed by atoms with E-state index in [1.165, 1.54) is 13.8 Å². The van der Waals surface area contributed by atoms with E-state index >= 15 is 0 Å². The molecule has 2 atom stereocenters. The third-order valence-corrected chi connectivity index (χ3v) is 6.02. The second kappa shape index (κ2) is 16.5. The minimum Gasteiger partial charge on any atom is -0.354 e. The standard InChI is InChI=1S/C18H34N4O4S2/c1-5-9-19-17(25)15(21-13(3)23)7-11-27-28-12-8-16(22-14(4)24)18(26)20-10-6-2/h15-16H,5-12H2,1-4H3,(H,19,25)(H,20,26)(H,21,23)(H,22,24). The third-order valence-electron chi connectivity index (χ3n) is 3.55. The molecule has 4 amide bonds. The number of carbonyl (C=O) groups is 4. The van der Waals surface area contributed by atoms with Crippen LogP contribution in [0.3, 0.4) is 0 Å². The minimum absolute atomic E-state index is 0.166. The van der Waals surface area contributed by atoms with Gasteiger partial charge in [0, 0.05) is 38.4 Å². The molecule has 4 N–H and O–H groups in total. The maximum atomic E-state index is 12.1. The number of hydrogen-bond acceptors (Lipinski definition) is 6. The highest BCUT2D eigenvalue weighted by atomic mass is 33.1. The van der Waals surface area contributed by atoms with Crippen LogP contribution in [0.15, 0.2) is 0 Å². The largest absolute Gasteiger partial charge is 0.354 e. The Kier molecular flexibility index (Phi) is 15.7. The number of hydrogen-bond donors (Lipinski definition) is 4. The summed E-state index contributed by atoms with van der Waals surface area (Å²) in [4.78, 5) is 46.8. The SMILES string of the molecule is CCCNC(=O)C(CCSSCCC(NC(C)=O)C(=O)NCCC)NC(C)=O. The Hall–Kier alpha value is -1.42. The highest BCUT2D eigenvalue weighted by Gasteiger charge is 2.20. The van der Waals surface area contributed by atoms with Gasteiger partial charge in [-0.15, -0.1) is 0 Å². The molecule has 0 aromatic carbocycles. The first-order chi connectivity index (χ1) is 13.3. The van der Waals surface area contributed by atoms with Crippen LogP contribution in [0.25, 0.3) is 0 Å². The first-order valence-electron chi connectivity index (χ1n) is 9.65. The van der Waals surface area contributed by atoms with Gasteiger partial charge in [0.1, 0.15) is 12.1 Å². The van der Waals surface area contributed by atoms with Crippen molar-refractivity contribution in [3.05, 3.63) is 0 Å². The van der Waals surface area contributed by atoms with E-state index in [-0.39, 0.29) is 23.6 Å². The lowest BCUT2D eigenvalue weighted by Crippen LogP contribution is -2.46.